The van der Waals surface area contributed by atoms with Crippen molar-refractivity contribution < 1.29 is 9.15 Å². The minimum atomic E-state index is 0. The van der Waals surface area contributed by atoms with E-state index in [4.69, 9.17) is 14.9 Å². The molecule has 0 aliphatic heterocycles. The second kappa shape index (κ2) is 5.43. The summed E-state index contributed by atoms with van der Waals surface area (Å²) in [5, 5.41) is 1.18. The predicted molar refractivity (Wildman–Crippen MR) is 79.1 cm³/mol. The lowest BCUT2D eigenvalue weighted by Crippen LogP contribution is -2.08. The van der Waals surface area contributed by atoms with E-state index in [0.717, 1.165) is 24.3 Å². The fourth-order valence-corrected chi connectivity index (χ4v) is 2.65. The Hall–Kier alpha value is -1.19. The summed E-state index contributed by atoms with van der Waals surface area (Å²) >= 11 is 0. The smallest absolute Gasteiger partial charge is 0.134 e. The predicted octanol–water partition coefficient (Wildman–Crippen LogP) is 3.70. The van der Waals surface area contributed by atoms with Crippen molar-refractivity contribution in [3.05, 3.63) is 30.0 Å². The molecule has 1 saturated carbocycles. The van der Waals surface area contributed by atoms with Gasteiger partial charge in [-0.05, 0) is 56.8 Å². The molecule has 19 heavy (non-hydrogen) atoms. The first-order valence-electron chi connectivity index (χ1n) is 6.57. The first-order chi connectivity index (χ1) is 8.70. The molecular formula is C15H20ClNO2. The Morgan fingerprint density at radius 3 is 2.79 bits per heavy atom. The van der Waals surface area contributed by atoms with Gasteiger partial charge in [0.1, 0.15) is 11.3 Å². The third-order valence-corrected chi connectivity index (χ3v) is 3.60. The number of hydrogen-bond acceptors (Lipinski definition) is 3. The molecule has 0 spiro atoms. The van der Waals surface area contributed by atoms with Crippen LogP contribution in [0.15, 0.2) is 28.9 Å². The van der Waals surface area contributed by atoms with Gasteiger partial charge in [0.2, 0.25) is 0 Å². The van der Waals surface area contributed by atoms with E-state index in [2.05, 4.69) is 13.8 Å². The average Bonchev–Trinajstić information content (AvgIpc) is 2.95. The zero-order valence-corrected chi connectivity index (χ0v) is 12.1. The molecule has 104 valence electrons. The first kappa shape index (κ1) is 14.2. The second-order valence-electron chi connectivity index (χ2n) is 5.31. The van der Waals surface area contributed by atoms with E-state index in [9.17, 15) is 0 Å². The fraction of sp³-hybridized carbons (Fsp3) is 0.467. The third kappa shape index (κ3) is 2.58. The highest BCUT2D eigenvalue weighted by Crippen LogP contribution is 2.52. The molecule has 0 amide bonds. The van der Waals surface area contributed by atoms with Crippen molar-refractivity contribution in [1.82, 2.24) is 0 Å². The Balaban J connectivity index is 0.00000133. The molecule has 1 fully saturated rings. The van der Waals surface area contributed by atoms with Crippen LogP contribution in [-0.4, -0.2) is 12.6 Å². The van der Waals surface area contributed by atoms with Gasteiger partial charge in [-0.2, -0.15) is 0 Å². The van der Waals surface area contributed by atoms with Crippen molar-refractivity contribution in [3.63, 3.8) is 0 Å². The summed E-state index contributed by atoms with van der Waals surface area (Å²) in [6.07, 6.45) is 3.09. The van der Waals surface area contributed by atoms with E-state index in [1.165, 1.54) is 10.9 Å². The number of furan rings is 1. The van der Waals surface area contributed by atoms with Crippen molar-refractivity contribution in [2.24, 2.45) is 11.7 Å². The van der Waals surface area contributed by atoms with Crippen LogP contribution in [0.3, 0.4) is 0 Å². The lowest BCUT2D eigenvalue weighted by Gasteiger charge is -2.15. The van der Waals surface area contributed by atoms with Crippen LogP contribution in [0.5, 0.6) is 5.75 Å². The molecule has 0 radical (unpaired) electrons. The number of halogens is 1. The first-order valence-corrected chi connectivity index (χ1v) is 6.57. The minimum absolute atomic E-state index is 0. The summed E-state index contributed by atoms with van der Waals surface area (Å²) in [4.78, 5) is 0. The number of ether oxygens (including phenoxy) is 1. The maximum absolute atomic E-state index is 5.93. The van der Waals surface area contributed by atoms with E-state index in [1.54, 1.807) is 6.26 Å². The fourth-order valence-electron chi connectivity index (χ4n) is 2.65. The van der Waals surface area contributed by atoms with Crippen molar-refractivity contribution in [3.8, 4) is 5.75 Å². The number of nitrogens with two attached hydrogens (primary N) is 1. The summed E-state index contributed by atoms with van der Waals surface area (Å²) in [5.74, 6) is 2.12. The minimum Gasteiger partial charge on any atom is -0.491 e. The van der Waals surface area contributed by atoms with Crippen LogP contribution in [0.25, 0.3) is 11.0 Å². The molecule has 3 rings (SSSR count). The molecule has 0 unspecified atom stereocenters. The zero-order valence-electron chi connectivity index (χ0n) is 11.3. The highest BCUT2D eigenvalue weighted by molar-refractivity contribution is 5.85. The van der Waals surface area contributed by atoms with Crippen LogP contribution in [0.4, 0.5) is 0 Å². The molecule has 2 N–H and O–H groups in total. The van der Waals surface area contributed by atoms with Gasteiger partial charge in [0, 0.05) is 10.9 Å². The van der Waals surface area contributed by atoms with E-state index >= 15 is 0 Å². The van der Waals surface area contributed by atoms with Crippen LogP contribution in [0.2, 0.25) is 0 Å². The second-order valence-corrected chi connectivity index (χ2v) is 5.31. The molecule has 2 atom stereocenters. The lowest BCUT2D eigenvalue weighted by molar-refractivity contribution is 0.240. The average molecular weight is 282 g/mol. The van der Waals surface area contributed by atoms with E-state index < -0.39 is 0 Å². The summed E-state index contributed by atoms with van der Waals surface area (Å²) in [6.45, 7) is 4.85. The van der Waals surface area contributed by atoms with E-state index in [0.29, 0.717) is 11.8 Å². The molecule has 0 bridgehead atoms. The molecular weight excluding hydrogens is 262 g/mol. The molecule has 0 saturated heterocycles. The maximum atomic E-state index is 5.93. The topological polar surface area (TPSA) is 48.4 Å². The van der Waals surface area contributed by atoms with Crippen LogP contribution >= 0.6 is 12.4 Å². The largest absolute Gasteiger partial charge is 0.491 e. The van der Waals surface area contributed by atoms with Gasteiger partial charge in [-0.1, -0.05) is 0 Å². The van der Waals surface area contributed by atoms with Crippen molar-refractivity contribution in [2.75, 3.05) is 6.54 Å². The maximum Gasteiger partial charge on any atom is 0.134 e. The van der Waals surface area contributed by atoms with Gasteiger partial charge in [0.25, 0.3) is 0 Å². The Morgan fingerprint density at radius 1 is 1.37 bits per heavy atom. The molecule has 2 aromatic rings. The lowest BCUT2D eigenvalue weighted by atomic mass is 10.0. The molecule has 1 aromatic carbocycles. The van der Waals surface area contributed by atoms with Crippen LogP contribution < -0.4 is 10.5 Å². The van der Waals surface area contributed by atoms with Crippen molar-refractivity contribution >= 4 is 23.4 Å². The van der Waals surface area contributed by atoms with E-state index in [-0.39, 0.29) is 18.5 Å². The van der Waals surface area contributed by atoms with Crippen LogP contribution in [-0.2, 0) is 0 Å². The van der Waals surface area contributed by atoms with Gasteiger partial charge in [-0.3, -0.25) is 0 Å². The molecule has 4 heteroatoms. The number of hydrogen-bond donors (Lipinski definition) is 1. The summed E-state index contributed by atoms with van der Waals surface area (Å²) in [5.41, 5.74) is 7.98. The van der Waals surface area contributed by atoms with Gasteiger partial charge >= 0.3 is 0 Å². The van der Waals surface area contributed by atoms with Gasteiger partial charge in [-0.25, -0.2) is 0 Å². The Labute approximate surface area is 119 Å². The summed E-state index contributed by atoms with van der Waals surface area (Å²) in [6, 6.07) is 6.03. The van der Waals surface area contributed by atoms with Crippen molar-refractivity contribution in [2.45, 2.75) is 32.3 Å². The molecule has 1 aliphatic carbocycles. The van der Waals surface area contributed by atoms with E-state index in [1.807, 2.05) is 18.2 Å². The number of fused-ring (bicyclic) bond motifs is 1. The standard InChI is InChI=1S/C15H19NO2.ClH/c1-9(2)18-14-4-3-13-11(5-6-17-13)15(14)12-7-10(12)8-16;/h3-6,9-10,12H,7-8,16H2,1-2H3;1H/t10-,12+;/m1./s1. The highest BCUT2D eigenvalue weighted by Gasteiger charge is 2.40. The molecule has 3 nitrogen and oxygen atoms in total. The quantitative estimate of drug-likeness (QED) is 0.929. The Kier molecular flexibility index (Phi) is 4.07. The normalized spacial score (nSPS) is 21.5. The third-order valence-electron chi connectivity index (χ3n) is 3.60. The Bertz CT molecular complexity index is 564. The highest BCUT2D eigenvalue weighted by atomic mass is 35.5. The SMILES string of the molecule is CC(C)Oc1ccc2occc2c1[C@H]1C[C@@H]1CN.Cl. The van der Waals surface area contributed by atoms with Crippen LogP contribution in [0, 0.1) is 5.92 Å². The summed E-state index contributed by atoms with van der Waals surface area (Å²) < 4.78 is 11.4. The number of benzene rings is 1. The van der Waals surface area contributed by atoms with Gasteiger partial charge < -0.3 is 14.9 Å². The monoisotopic (exact) mass is 281 g/mol. The van der Waals surface area contributed by atoms with Gasteiger partial charge in [-0.15, -0.1) is 12.4 Å². The van der Waals surface area contributed by atoms with Crippen molar-refractivity contribution in [1.29, 1.82) is 0 Å². The summed E-state index contributed by atoms with van der Waals surface area (Å²) in [7, 11) is 0. The number of rotatable bonds is 4. The molecule has 1 aliphatic rings. The van der Waals surface area contributed by atoms with Gasteiger partial charge in [0.15, 0.2) is 0 Å². The van der Waals surface area contributed by atoms with Gasteiger partial charge in [0.05, 0.1) is 12.4 Å². The van der Waals surface area contributed by atoms with Crippen LogP contribution in [0.1, 0.15) is 31.7 Å². The molecule has 1 heterocycles. The zero-order chi connectivity index (χ0) is 12.7. The molecule has 1 aromatic heterocycles. The Morgan fingerprint density at radius 2 is 2.16 bits per heavy atom.